The van der Waals surface area contributed by atoms with Gasteiger partial charge in [-0.3, -0.25) is 4.90 Å². The quantitative estimate of drug-likeness (QED) is 0.623. The zero-order valence-electron chi connectivity index (χ0n) is 13.3. The van der Waals surface area contributed by atoms with Gasteiger partial charge in [0.1, 0.15) is 6.10 Å². The third-order valence-corrected chi connectivity index (χ3v) is 4.13. The zero-order valence-corrected chi connectivity index (χ0v) is 13.3. The van der Waals surface area contributed by atoms with Crippen LogP contribution < -0.4 is 0 Å². The summed E-state index contributed by atoms with van der Waals surface area (Å²) in [5, 5.41) is 0. The highest BCUT2D eigenvalue weighted by molar-refractivity contribution is 5.89. The SMILES string of the molecule is CN(Cc1ccccc1)[C@H]1C=C[C@@H](OC(=O)c2ccccc2)C1. The van der Waals surface area contributed by atoms with Crippen LogP contribution in [-0.2, 0) is 11.3 Å². The van der Waals surface area contributed by atoms with Crippen LogP contribution in [0.5, 0.6) is 0 Å². The number of hydrogen-bond donors (Lipinski definition) is 0. The summed E-state index contributed by atoms with van der Waals surface area (Å²) in [6.07, 6.45) is 4.78. The molecular formula is C20H21NO2. The molecule has 0 radical (unpaired) electrons. The van der Waals surface area contributed by atoms with Gasteiger partial charge in [0.05, 0.1) is 5.56 Å². The molecule has 23 heavy (non-hydrogen) atoms. The Morgan fingerprint density at radius 3 is 2.39 bits per heavy atom. The largest absolute Gasteiger partial charge is 0.454 e. The molecule has 2 aromatic rings. The number of likely N-dealkylation sites (N-methyl/N-ethyl adjacent to an activating group) is 1. The molecule has 2 aromatic carbocycles. The molecule has 0 spiro atoms. The first-order chi connectivity index (χ1) is 11.2. The highest BCUT2D eigenvalue weighted by atomic mass is 16.5. The first-order valence-electron chi connectivity index (χ1n) is 7.91. The van der Waals surface area contributed by atoms with Crippen LogP contribution in [0.4, 0.5) is 0 Å². The second kappa shape index (κ2) is 7.25. The van der Waals surface area contributed by atoms with Gasteiger partial charge >= 0.3 is 5.97 Å². The number of nitrogens with zero attached hydrogens (tertiary/aromatic N) is 1. The molecule has 0 fully saturated rings. The average Bonchev–Trinajstić information content (AvgIpc) is 3.05. The van der Waals surface area contributed by atoms with E-state index in [4.69, 9.17) is 4.74 Å². The van der Waals surface area contributed by atoms with Crippen molar-refractivity contribution >= 4 is 5.97 Å². The van der Waals surface area contributed by atoms with Crippen molar-refractivity contribution in [3.05, 3.63) is 83.9 Å². The molecule has 3 heteroatoms. The maximum Gasteiger partial charge on any atom is 0.338 e. The Morgan fingerprint density at radius 2 is 1.70 bits per heavy atom. The van der Waals surface area contributed by atoms with E-state index in [-0.39, 0.29) is 12.1 Å². The summed E-state index contributed by atoms with van der Waals surface area (Å²) in [7, 11) is 2.10. The van der Waals surface area contributed by atoms with E-state index in [1.54, 1.807) is 12.1 Å². The van der Waals surface area contributed by atoms with Crippen LogP contribution in [-0.4, -0.2) is 30.1 Å². The second-order valence-corrected chi connectivity index (χ2v) is 5.90. The first kappa shape index (κ1) is 15.5. The Bertz CT molecular complexity index is 667. The van der Waals surface area contributed by atoms with E-state index < -0.39 is 0 Å². The molecule has 0 saturated carbocycles. The summed E-state index contributed by atoms with van der Waals surface area (Å²) in [5.41, 5.74) is 1.88. The van der Waals surface area contributed by atoms with Gasteiger partial charge in [-0.25, -0.2) is 4.79 Å². The summed E-state index contributed by atoms with van der Waals surface area (Å²) < 4.78 is 5.58. The molecule has 118 valence electrons. The number of carbonyl (C=O) groups is 1. The van der Waals surface area contributed by atoms with Crippen molar-refractivity contribution < 1.29 is 9.53 Å². The lowest BCUT2D eigenvalue weighted by Gasteiger charge is -2.24. The van der Waals surface area contributed by atoms with Gasteiger partial charge in [0.15, 0.2) is 0 Å². The van der Waals surface area contributed by atoms with Gasteiger partial charge in [0.25, 0.3) is 0 Å². The zero-order chi connectivity index (χ0) is 16.1. The second-order valence-electron chi connectivity index (χ2n) is 5.90. The summed E-state index contributed by atoms with van der Waals surface area (Å²) in [6.45, 7) is 0.884. The number of carbonyl (C=O) groups excluding carboxylic acids is 1. The number of rotatable bonds is 5. The highest BCUT2D eigenvalue weighted by Crippen LogP contribution is 2.21. The molecule has 0 saturated heterocycles. The fraction of sp³-hybridized carbons (Fsp3) is 0.250. The van der Waals surface area contributed by atoms with E-state index in [1.165, 1.54) is 5.56 Å². The Labute approximate surface area is 137 Å². The molecule has 0 aromatic heterocycles. The van der Waals surface area contributed by atoms with E-state index >= 15 is 0 Å². The van der Waals surface area contributed by atoms with Crippen LogP contribution in [0.1, 0.15) is 22.3 Å². The molecule has 3 nitrogen and oxygen atoms in total. The average molecular weight is 307 g/mol. The molecule has 0 heterocycles. The van der Waals surface area contributed by atoms with Gasteiger partial charge < -0.3 is 4.74 Å². The van der Waals surface area contributed by atoms with Crippen molar-refractivity contribution in [2.45, 2.75) is 25.1 Å². The van der Waals surface area contributed by atoms with Crippen molar-refractivity contribution in [3.8, 4) is 0 Å². The summed E-state index contributed by atoms with van der Waals surface area (Å²) in [5.74, 6) is -0.258. The topological polar surface area (TPSA) is 29.5 Å². The van der Waals surface area contributed by atoms with Crippen molar-refractivity contribution in [3.63, 3.8) is 0 Å². The normalized spacial score (nSPS) is 19.9. The third-order valence-electron chi connectivity index (χ3n) is 4.13. The lowest BCUT2D eigenvalue weighted by atomic mass is 10.1. The molecule has 0 aliphatic heterocycles. The molecule has 0 amide bonds. The number of ether oxygens (including phenoxy) is 1. The fourth-order valence-corrected chi connectivity index (χ4v) is 2.83. The van der Waals surface area contributed by atoms with Gasteiger partial charge in [0, 0.05) is 19.0 Å². The van der Waals surface area contributed by atoms with Crippen LogP contribution >= 0.6 is 0 Å². The molecule has 1 aliphatic carbocycles. The van der Waals surface area contributed by atoms with E-state index in [1.807, 2.05) is 30.3 Å². The van der Waals surface area contributed by atoms with Crippen LogP contribution in [0.15, 0.2) is 72.8 Å². The number of hydrogen-bond acceptors (Lipinski definition) is 3. The van der Waals surface area contributed by atoms with Crippen molar-refractivity contribution in [1.82, 2.24) is 4.90 Å². The van der Waals surface area contributed by atoms with E-state index in [2.05, 4.69) is 42.3 Å². The monoisotopic (exact) mass is 307 g/mol. The van der Waals surface area contributed by atoms with E-state index in [0.717, 1.165) is 13.0 Å². The van der Waals surface area contributed by atoms with Crippen molar-refractivity contribution in [1.29, 1.82) is 0 Å². The predicted octanol–water partition coefficient (Wildman–Crippen LogP) is 3.67. The fourth-order valence-electron chi connectivity index (χ4n) is 2.83. The molecule has 0 bridgehead atoms. The van der Waals surface area contributed by atoms with Gasteiger partial charge in [-0.15, -0.1) is 0 Å². The standard InChI is InChI=1S/C20H21NO2/c1-21(15-16-8-4-2-5-9-16)18-12-13-19(14-18)23-20(22)17-10-6-3-7-11-17/h2-13,18-19H,14-15H2,1H3/t18-,19+/m0/s1. The van der Waals surface area contributed by atoms with Crippen LogP contribution in [0, 0.1) is 0 Å². The molecule has 0 unspecified atom stereocenters. The molecule has 1 aliphatic rings. The summed E-state index contributed by atoms with van der Waals surface area (Å²) in [6, 6.07) is 19.8. The number of benzene rings is 2. The lowest BCUT2D eigenvalue weighted by molar-refractivity contribution is 0.0367. The Kier molecular flexibility index (Phi) is 4.89. The lowest BCUT2D eigenvalue weighted by Crippen LogP contribution is -2.30. The first-order valence-corrected chi connectivity index (χ1v) is 7.91. The molecule has 2 atom stereocenters. The Balaban J connectivity index is 1.53. The highest BCUT2D eigenvalue weighted by Gasteiger charge is 2.25. The minimum absolute atomic E-state index is 0.147. The smallest absolute Gasteiger partial charge is 0.338 e. The van der Waals surface area contributed by atoms with E-state index in [0.29, 0.717) is 11.6 Å². The minimum Gasteiger partial charge on any atom is -0.454 e. The van der Waals surface area contributed by atoms with Gasteiger partial charge in [0.2, 0.25) is 0 Å². The van der Waals surface area contributed by atoms with E-state index in [9.17, 15) is 4.79 Å². The Morgan fingerprint density at radius 1 is 1.04 bits per heavy atom. The molecule has 3 rings (SSSR count). The van der Waals surface area contributed by atoms with Crippen LogP contribution in [0.2, 0.25) is 0 Å². The third kappa shape index (κ3) is 4.08. The van der Waals surface area contributed by atoms with Crippen LogP contribution in [0.3, 0.4) is 0 Å². The predicted molar refractivity (Wildman–Crippen MR) is 91.1 cm³/mol. The Hall–Kier alpha value is -2.39. The summed E-state index contributed by atoms with van der Waals surface area (Å²) >= 11 is 0. The minimum atomic E-state index is -0.258. The maximum atomic E-state index is 12.1. The maximum absolute atomic E-state index is 12.1. The molecular weight excluding hydrogens is 286 g/mol. The molecule has 0 N–H and O–H groups in total. The number of esters is 1. The van der Waals surface area contributed by atoms with Crippen molar-refractivity contribution in [2.24, 2.45) is 0 Å². The van der Waals surface area contributed by atoms with Gasteiger partial charge in [-0.1, -0.05) is 54.6 Å². The van der Waals surface area contributed by atoms with Crippen molar-refractivity contribution in [2.75, 3.05) is 7.05 Å². The van der Waals surface area contributed by atoms with Gasteiger partial charge in [-0.05, 0) is 30.8 Å². The summed E-state index contributed by atoms with van der Waals surface area (Å²) in [4.78, 5) is 14.4. The van der Waals surface area contributed by atoms with Crippen LogP contribution in [0.25, 0.3) is 0 Å². The van der Waals surface area contributed by atoms with Gasteiger partial charge in [-0.2, -0.15) is 0 Å².